The summed E-state index contributed by atoms with van der Waals surface area (Å²) in [7, 11) is 0. The molecule has 1 aliphatic rings. The lowest BCUT2D eigenvalue weighted by atomic mass is 10.1. The third-order valence-electron chi connectivity index (χ3n) is 4.87. The zero-order valence-corrected chi connectivity index (χ0v) is 15.0. The van der Waals surface area contributed by atoms with E-state index in [2.05, 4.69) is 20.5 Å². The molecular formula is C21H22N4O2. The van der Waals surface area contributed by atoms with Crippen molar-refractivity contribution in [1.82, 2.24) is 20.5 Å². The molecule has 0 bridgehead atoms. The monoisotopic (exact) mass is 362 g/mol. The maximum Gasteiger partial charge on any atom is 0.269 e. The highest BCUT2D eigenvalue weighted by atomic mass is 16.5. The molecule has 0 unspecified atom stereocenters. The Morgan fingerprint density at radius 3 is 2.78 bits per heavy atom. The summed E-state index contributed by atoms with van der Waals surface area (Å²) in [5.41, 5.74) is 3.25. The molecule has 0 spiro atoms. The molecular weight excluding hydrogens is 340 g/mol. The second-order valence-corrected chi connectivity index (χ2v) is 6.75. The van der Waals surface area contributed by atoms with Gasteiger partial charge in [-0.3, -0.25) is 14.9 Å². The normalized spacial score (nSPS) is 19.1. The highest BCUT2D eigenvalue weighted by Crippen LogP contribution is 2.24. The average molecular weight is 362 g/mol. The molecule has 3 aromatic rings. The second-order valence-electron chi connectivity index (χ2n) is 6.75. The molecule has 0 saturated heterocycles. The molecule has 2 atom stereocenters. The number of rotatable bonds is 6. The molecule has 2 aromatic heterocycles. The number of pyridine rings is 1. The van der Waals surface area contributed by atoms with Crippen LogP contribution in [0, 0.1) is 0 Å². The van der Waals surface area contributed by atoms with Crippen molar-refractivity contribution in [1.29, 1.82) is 0 Å². The zero-order chi connectivity index (χ0) is 18.5. The van der Waals surface area contributed by atoms with Crippen LogP contribution in [0.1, 0.15) is 35.3 Å². The van der Waals surface area contributed by atoms with Crippen molar-refractivity contribution in [3.05, 3.63) is 72.2 Å². The molecule has 6 nitrogen and oxygen atoms in total. The van der Waals surface area contributed by atoms with Crippen LogP contribution >= 0.6 is 0 Å². The largest absolute Gasteiger partial charge is 0.371 e. The number of H-pyrrole nitrogens is 1. The van der Waals surface area contributed by atoms with Gasteiger partial charge in [-0.15, -0.1) is 0 Å². The molecule has 27 heavy (non-hydrogen) atoms. The first-order valence-electron chi connectivity index (χ1n) is 9.22. The number of ether oxygens (including phenoxy) is 1. The van der Waals surface area contributed by atoms with Crippen LogP contribution in [0.4, 0.5) is 0 Å². The fourth-order valence-electron chi connectivity index (χ4n) is 3.42. The first-order chi connectivity index (χ1) is 13.3. The molecule has 4 rings (SSSR count). The van der Waals surface area contributed by atoms with Crippen molar-refractivity contribution in [2.75, 3.05) is 0 Å². The van der Waals surface area contributed by atoms with Gasteiger partial charge in [0.25, 0.3) is 5.91 Å². The third-order valence-corrected chi connectivity index (χ3v) is 4.87. The van der Waals surface area contributed by atoms with Gasteiger partial charge in [-0.2, -0.15) is 5.10 Å². The van der Waals surface area contributed by atoms with Gasteiger partial charge >= 0.3 is 0 Å². The summed E-state index contributed by atoms with van der Waals surface area (Å²) in [6, 6.07) is 15.6. The van der Waals surface area contributed by atoms with Crippen molar-refractivity contribution in [3.8, 4) is 11.3 Å². The van der Waals surface area contributed by atoms with Crippen LogP contribution in [0.25, 0.3) is 11.3 Å². The van der Waals surface area contributed by atoms with E-state index in [1.807, 2.05) is 42.5 Å². The van der Waals surface area contributed by atoms with Crippen molar-refractivity contribution < 1.29 is 9.53 Å². The minimum absolute atomic E-state index is 0.0221. The number of aromatic amines is 1. The van der Waals surface area contributed by atoms with Gasteiger partial charge in [0.2, 0.25) is 0 Å². The molecule has 2 N–H and O–H groups in total. The second kappa shape index (κ2) is 8.14. The van der Waals surface area contributed by atoms with E-state index < -0.39 is 0 Å². The molecule has 138 valence electrons. The maximum atomic E-state index is 12.6. The van der Waals surface area contributed by atoms with Crippen LogP contribution in [-0.4, -0.2) is 33.2 Å². The minimum atomic E-state index is -0.150. The number of nitrogens with one attached hydrogen (secondary N) is 2. The summed E-state index contributed by atoms with van der Waals surface area (Å²) in [5, 5.41) is 10.2. The standard InChI is InChI=1S/C21H22N4O2/c26-21(19-13-18(24-25-19)16-9-11-22-12-10-16)23-17-7-4-8-20(17)27-14-15-5-2-1-3-6-15/h1-3,5-6,9-13,17,20H,4,7-8,14H2,(H,23,26)(H,24,25)/t17-,20-/m1/s1. The number of carbonyl (C=O) groups excluding carboxylic acids is 1. The molecule has 1 fully saturated rings. The summed E-state index contributed by atoms with van der Waals surface area (Å²) in [5.74, 6) is -0.150. The smallest absolute Gasteiger partial charge is 0.269 e. The van der Waals surface area contributed by atoms with Crippen LogP contribution in [-0.2, 0) is 11.3 Å². The van der Waals surface area contributed by atoms with Crippen molar-refractivity contribution in [2.45, 2.75) is 38.0 Å². The van der Waals surface area contributed by atoms with E-state index in [1.54, 1.807) is 18.5 Å². The molecule has 1 aliphatic carbocycles. The lowest BCUT2D eigenvalue weighted by Crippen LogP contribution is -2.41. The van der Waals surface area contributed by atoms with Crippen LogP contribution in [0.3, 0.4) is 0 Å². The highest BCUT2D eigenvalue weighted by Gasteiger charge is 2.30. The zero-order valence-electron chi connectivity index (χ0n) is 15.0. The Bertz CT molecular complexity index is 879. The van der Waals surface area contributed by atoms with Crippen molar-refractivity contribution >= 4 is 5.91 Å². The Hall–Kier alpha value is -2.99. The number of nitrogens with zero attached hydrogens (tertiary/aromatic N) is 2. The van der Waals surface area contributed by atoms with Crippen LogP contribution < -0.4 is 5.32 Å². The first-order valence-corrected chi connectivity index (χ1v) is 9.22. The lowest BCUT2D eigenvalue weighted by molar-refractivity contribution is 0.0271. The summed E-state index contributed by atoms with van der Waals surface area (Å²) in [4.78, 5) is 16.6. The number of carbonyl (C=O) groups is 1. The topological polar surface area (TPSA) is 79.9 Å². The summed E-state index contributed by atoms with van der Waals surface area (Å²) in [6.45, 7) is 0.564. The quantitative estimate of drug-likeness (QED) is 0.705. The lowest BCUT2D eigenvalue weighted by Gasteiger charge is -2.21. The number of amides is 1. The predicted octanol–water partition coefficient (Wildman–Crippen LogP) is 3.34. The van der Waals surface area contributed by atoms with Gasteiger partial charge < -0.3 is 10.1 Å². The van der Waals surface area contributed by atoms with Crippen LogP contribution in [0.15, 0.2) is 60.9 Å². The van der Waals surface area contributed by atoms with Gasteiger partial charge in [-0.05, 0) is 43.0 Å². The summed E-state index contributed by atoms with van der Waals surface area (Å²) < 4.78 is 6.07. The number of hydrogen-bond donors (Lipinski definition) is 2. The van der Waals surface area contributed by atoms with Gasteiger partial charge in [0.05, 0.1) is 24.4 Å². The van der Waals surface area contributed by atoms with Crippen LogP contribution in [0.2, 0.25) is 0 Å². The summed E-state index contributed by atoms with van der Waals surface area (Å²) in [6.07, 6.45) is 6.39. The first kappa shape index (κ1) is 17.4. The van der Waals surface area contributed by atoms with Crippen molar-refractivity contribution in [2.24, 2.45) is 0 Å². The van der Waals surface area contributed by atoms with E-state index in [-0.39, 0.29) is 18.1 Å². The van der Waals surface area contributed by atoms with E-state index >= 15 is 0 Å². The minimum Gasteiger partial charge on any atom is -0.371 e. The van der Waals surface area contributed by atoms with Crippen LogP contribution in [0.5, 0.6) is 0 Å². The fourth-order valence-corrected chi connectivity index (χ4v) is 3.42. The Balaban J connectivity index is 1.36. The molecule has 2 heterocycles. The van der Waals surface area contributed by atoms with Gasteiger partial charge in [0.1, 0.15) is 5.69 Å². The number of aromatic nitrogens is 3. The Labute approximate surface area is 158 Å². The van der Waals surface area contributed by atoms with E-state index in [1.165, 1.54) is 0 Å². The number of hydrogen-bond acceptors (Lipinski definition) is 4. The Morgan fingerprint density at radius 1 is 1.15 bits per heavy atom. The van der Waals surface area contributed by atoms with Gasteiger partial charge in [-0.1, -0.05) is 30.3 Å². The molecule has 0 radical (unpaired) electrons. The number of benzene rings is 1. The molecule has 6 heteroatoms. The van der Waals surface area contributed by atoms with E-state index in [9.17, 15) is 4.79 Å². The Morgan fingerprint density at radius 2 is 1.96 bits per heavy atom. The van der Waals surface area contributed by atoms with E-state index in [0.29, 0.717) is 12.3 Å². The third kappa shape index (κ3) is 4.23. The fraction of sp³-hybridized carbons (Fsp3) is 0.286. The summed E-state index contributed by atoms with van der Waals surface area (Å²) >= 11 is 0. The molecule has 1 amide bonds. The molecule has 0 aliphatic heterocycles. The van der Waals surface area contributed by atoms with Gasteiger partial charge in [-0.25, -0.2) is 0 Å². The average Bonchev–Trinajstić information content (AvgIpc) is 3.38. The van der Waals surface area contributed by atoms with Gasteiger partial charge in [0.15, 0.2) is 0 Å². The molecule has 1 aromatic carbocycles. The van der Waals surface area contributed by atoms with E-state index in [0.717, 1.165) is 36.1 Å². The Kier molecular flexibility index (Phi) is 5.25. The maximum absolute atomic E-state index is 12.6. The predicted molar refractivity (Wildman–Crippen MR) is 102 cm³/mol. The highest BCUT2D eigenvalue weighted by molar-refractivity contribution is 5.93. The molecule has 1 saturated carbocycles. The van der Waals surface area contributed by atoms with E-state index in [4.69, 9.17) is 4.74 Å². The van der Waals surface area contributed by atoms with Gasteiger partial charge in [0, 0.05) is 18.0 Å². The van der Waals surface area contributed by atoms with Crippen molar-refractivity contribution in [3.63, 3.8) is 0 Å². The SMILES string of the molecule is O=C(N[C@@H]1CCC[C@H]1OCc1ccccc1)c1cc(-c2ccncc2)n[nH]1.